The topological polar surface area (TPSA) is 145 Å². The van der Waals surface area contributed by atoms with E-state index in [1.165, 1.54) is 13.8 Å². The normalized spacial score (nSPS) is 17.2. The van der Waals surface area contributed by atoms with Crippen LogP contribution < -0.4 is 0 Å². The number of carbonyl (C=O) groups is 2. The van der Waals surface area contributed by atoms with E-state index < -0.39 is 36.9 Å². The number of carboxylic acids is 2. The Hall–Kier alpha value is -1.90. The summed E-state index contributed by atoms with van der Waals surface area (Å²) in [6.07, 6.45) is -2.66. The zero-order valence-corrected chi connectivity index (χ0v) is 11.1. The summed E-state index contributed by atoms with van der Waals surface area (Å²) in [4.78, 5) is 21.3. The number of aliphatic carboxylic acids is 2. The first-order valence-electron chi connectivity index (χ1n) is 5.65. The van der Waals surface area contributed by atoms with Crippen molar-refractivity contribution in [3.05, 3.63) is 23.5 Å². The minimum Gasteiger partial charge on any atom is -0.491 e. The van der Waals surface area contributed by atoms with Crippen LogP contribution in [-0.4, -0.2) is 62.4 Å². The van der Waals surface area contributed by atoms with Gasteiger partial charge in [0.05, 0.1) is 18.4 Å². The van der Waals surface area contributed by atoms with Gasteiger partial charge in [0.25, 0.3) is 0 Å². The van der Waals surface area contributed by atoms with Gasteiger partial charge >= 0.3 is 11.9 Å². The van der Waals surface area contributed by atoms with Crippen LogP contribution >= 0.6 is 0 Å². The number of carboxylic acid groups (broad SMARTS) is 2. The molecule has 8 nitrogen and oxygen atoms in total. The van der Waals surface area contributed by atoms with Gasteiger partial charge in [0.1, 0.15) is 18.3 Å². The molecule has 5 N–H and O–H groups in total. The first-order chi connectivity index (χ1) is 9.20. The van der Waals surface area contributed by atoms with E-state index in [0.29, 0.717) is 0 Å². The van der Waals surface area contributed by atoms with Crippen LogP contribution in [0.5, 0.6) is 0 Å². The monoisotopic (exact) mass is 290 g/mol. The number of rotatable bonds is 8. The molecule has 114 valence electrons. The van der Waals surface area contributed by atoms with E-state index in [1.807, 2.05) is 0 Å². The molecule has 0 aromatic carbocycles. The molecule has 3 atom stereocenters. The second kappa shape index (κ2) is 8.31. The van der Waals surface area contributed by atoms with E-state index in [0.717, 1.165) is 12.3 Å². The molecule has 0 saturated heterocycles. The molecule has 8 heteroatoms. The highest BCUT2D eigenvalue weighted by Crippen LogP contribution is 2.11. The maximum absolute atomic E-state index is 10.7. The van der Waals surface area contributed by atoms with Gasteiger partial charge in [-0.3, -0.25) is 0 Å². The van der Waals surface area contributed by atoms with Crippen molar-refractivity contribution in [2.45, 2.75) is 32.2 Å². The molecule has 0 radical (unpaired) electrons. The van der Waals surface area contributed by atoms with E-state index in [9.17, 15) is 19.8 Å². The summed E-state index contributed by atoms with van der Waals surface area (Å²) in [6, 6.07) is 0. The number of aliphatic hydroxyl groups is 3. The maximum Gasteiger partial charge on any atom is 0.334 e. The molecule has 0 aromatic heterocycles. The van der Waals surface area contributed by atoms with Crippen molar-refractivity contribution >= 4 is 11.9 Å². The lowest BCUT2D eigenvalue weighted by atomic mass is 10.1. The molecule has 0 heterocycles. The highest BCUT2D eigenvalue weighted by Gasteiger charge is 2.26. The quantitative estimate of drug-likeness (QED) is 0.286. The third kappa shape index (κ3) is 5.83. The fraction of sp³-hybridized carbons (Fsp3) is 0.500. The van der Waals surface area contributed by atoms with Crippen molar-refractivity contribution in [1.82, 2.24) is 0 Å². The molecule has 0 saturated carbocycles. The minimum atomic E-state index is -1.62. The molecule has 0 rings (SSSR count). The fourth-order valence-electron chi connectivity index (χ4n) is 1.09. The van der Waals surface area contributed by atoms with Crippen LogP contribution in [0.25, 0.3) is 0 Å². The van der Waals surface area contributed by atoms with Crippen LogP contribution in [0.15, 0.2) is 23.5 Å². The third-order valence-corrected chi connectivity index (χ3v) is 2.41. The fourth-order valence-corrected chi connectivity index (χ4v) is 1.09. The molecule has 0 fully saturated rings. The van der Waals surface area contributed by atoms with Crippen molar-refractivity contribution in [2.75, 3.05) is 6.61 Å². The Morgan fingerprint density at radius 3 is 2.00 bits per heavy atom. The van der Waals surface area contributed by atoms with E-state index in [-0.39, 0.29) is 11.1 Å². The Balaban J connectivity index is 5.17. The Morgan fingerprint density at radius 2 is 1.60 bits per heavy atom. The number of hydrogen-bond donors (Lipinski definition) is 5. The van der Waals surface area contributed by atoms with Crippen molar-refractivity contribution in [3.63, 3.8) is 0 Å². The number of ether oxygens (including phenoxy) is 1. The molecule has 0 spiro atoms. The summed E-state index contributed by atoms with van der Waals surface area (Å²) in [5.41, 5.74) is -0.345. The van der Waals surface area contributed by atoms with Gasteiger partial charge < -0.3 is 30.3 Å². The zero-order chi connectivity index (χ0) is 15.9. The van der Waals surface area contributed by atoms with Crippen LogP contribution in [0.4, 0.5) is 0 Å². The van der Waals surface area contributed by atoms with Gasteiger partial charge in [-0.05, 0) is 19.9 Å². The van der Waals surface area contributed by atoms with Gasteiger partial charge in [0.2, 0.25) is 0 Å². The Labute approximate surface area is 115 Å². The average molecular weight is 290 g/mol. The van der Waals surface area contributed by atoms with Gasteiger partial charge in [-0.25, -0.2) is 9.59 Å². The van der Waals surface area contributed by atoms with E-state index in [4.69, 9.17) is 20.1 Å². The zero-order valence-electron chi connectivity index (χ0n) is 11.1. The summed E-state index contributed by atoms with van der Waals surface area (Å²) < 4.78 is 4.97. The predicted molar refractivity (Wildman–Crippen MR) is 66.8 cm³/mol. The van der Waals surface area contributed by atoms with E-state index >= 15 is 0 Å². The first-order valence-corrected chi connectivity index (χ1v) is 5.65. The summed E-state index contributed by atoms with van der Waals surface area (Å²) >= 11 is 0. The molecule has 0 aliphatic carbocycles. The summed E-state index contributed by atoms with van der Waals surface area (Å²) in [5.74, 6) is -2.51. The van der Waals surface area contributed by atoms with E-state index in [2.05, 4.69) is 0 Å². The lowest BCUT2D eigenvalue weighted by molar-refractivity contribution is -0.134. The second-order valence-electron chi connectivity index (χ2n) is 4.10. The van der Waals surface area contributed by atoms with Gasteiger partial charge in [-0.15, -0.1) is 0 Å². The molecule has 0 aromatic rings. The first kappa shape index (κ1) is 18.1. The Kier molecular flexibility index (Phi) is 7.52. The molecular formula is C12H18O8. The SMILES string of the molecule is CC(=COC(C=C(C)C(=O)O)[C@H](O)[C@H](O)CO)C(=O)O. The van der Waals surface area contributed by atoms with Crippen LogP contribution in [0.3, 0.4) is 0 Å². The lowest BCUT2D eigenvalue weighted by Gasteiger charge is -2.23. The highest BCUT2D eigenvalue weighted by atomic mass is 16.5. The summed E-state index contributed by atoms with van der Waals surface area (Å²) in [7, 11) is 0. The largest absolute Gasteiger partial charge is 0.491 e. The molecule has 0 bridgehead atoms. The molecule has 0 amide bonds. The standard InChI is InChI=1S/C12H18O8/c1-6(11(16)17)3-9(10(15)8(14)4-13)20-5-7(2)12(18)19/h3,5,8-10,13-15H,4H2,1-2H3,(H,16,17)(H,18,19)/t8-,9?,10-/m1/s1. The highest BCUT2D eigenvalue weighted by molar-refractivity contribution is 5.86. The maximum atomic E-state index is 10.7. The van der Waals surface area contributed by atoms with E-state index in [1.54, 1.807) is 0 Å². The smallest absolute Gasteiger partial charge is 0.334 e. The molecular weight excluding hydrogens is 272 g/mol. The summed E-state index contributed by atoms with van der Waals surface area (Å²) in [6.45, 7) is 1.72. The molecule has 0 aliphatic rings. The molecule has 1 unspecified atom stereocenters. The van der Waals surface area contributed by atoms with Crippen LogP contribution in [0.2, 0.25) is 0 Å². The Morgan fingerprint density at radius 1 is 1.10 bits per heavy atom. The molecule has 20 heavy (non-hydrogen) atoms. The van der Waals surface area contributed by atoms with Crippen LogP contribution in [0.1, 0.15) is 13.8 Å². The van der Waals surface area contributed by atoms with Gasteiger partial charge in [0.15, 0.2) is 0 Å². The van der Waals surface area contributed by atoms with Crippen LogP contribution in [-0.2, 0) is 14.3 Å². The third-order valence-electron chi connectivity index (χ3n) is 2.41. The molecule has 0 aliphatic heterocycles. The van der Waals surface area contributed by atoms with Gasteiger partial charge in [-0.1, -0.05) is 0 Å². The number of hydrogen-bond acceptors (Lipinski definition) is 6. The second-order valence-corrected chi connectivity index (χ2v) is 4.10. The Bertz CT molecular complexity index is 412. The predicted octanol–water partition coefficient (Wildman–Crippen LogP) is -0.895. The van der Waals surface area contributed by atoms with Gasteiger partial charge in [-0.2, -0.15) is 0 Å². The van der Waals surface area contributed by atoms with Crippen molar-refractivity contribution in [2.24, 2.45) is 0 Å². The number of aliphatic hydroxyl groups excluding tert-OH is 3. The van der Waals surface area contributed by atoms with Crippen molar-refractivity contribution < 1.29 is 39.9 Å². The lowest BCUT2D eigenvalue weighted by Crippen LogP contribution is -2.39. The minimum absolute atomic E-state index is 0.166. The van der Waals surface area contributed by atoms with Gasteiger partial charge in [0, 0.05) is 5.57 Å². The van der Waals surface area contributed by atoms with Crippen LogP contribution in [0, 0.1) is 0 Å². The van der Waals surface area contributed by atoms with Crippen molar-refractivity contribution in [3.8, 4) is 0 Å². The average Bonchev–Trinajstić information content (AvgIpc) is 2.40. The summed E-state index contributed by atoms with van der Waals surface area (Å²) in [5, 5.41) is 45.2. The van der Waals surface area contributed by atoms with Crippen molar-refractivity contribution in [1.29, 1.82) is 0 Å².